The molecule has 0 saturated carbocycles. The third-order valence-corrected chi connectivity index (χ3v) is 13.1. The van der Waals surface area contributed by atoms with Gasteiger partial charge in [-0.15, -0.1) is 0 Å². The third kappa shape index (κ3) is 3.71. The zero-order chi connectivity index (χ0) is 38.8. The van der Waals surface area contributed by atoms with Crippen LogP contribution in [0.3, 0.4) is 0 Å². The van der Waals surface area contributed by atoms with Crippen LogP contribution in [0.5, 0.6) is 0 Å². The Hall–Kier alpha value is -8.22. The van der Waals surface area contributed by atoms with Gasteiger partial charge in [0.05, 0.1) is 38.6 Å². The highest BCUT2D eigenvalue weighted by molar-refractivity contribution is 6.36. The van der Waals surface area contributed by atoms with Crippen molar-refractivity contribution in [1.29, 1.82) is 0 Å². The minimum Gasteiger partial charge on any atom is -0.450 e. The van der Waals surface area contributed by atoms with Gasteiger partial charge in [0.15, 0.2) is 11.4 Å². The molecule has 9 aromatic carbocycles. The first kappa shape index (κ1) is 30.9. The van der Waals surface area contributed by atoms with Crippen LogP contribution in [0.25, 0.3) is 137 Å². The molecule has 6 heteroatoms. The monoisotopic (exact) mass is 763 g/mol. The molecule has 6 aromatic heterocycles. The van der Waals surface area contributed by atoms with Gasteiger partial charge in [-0.2, -0.15) is 4.98 Å². The van der Waals surface area contributed by atoms with Gasteiger partial charge in [-0.05, 0) is 76.1 Å². The van der Waals surface area contributed by atoms with Crippen molar-refractivity contribution in [3.05, 3.63) is 176 Å². The fourth-order valence-electron chi connectivity index (χ4n) is 10.7. The van der Waals surface area contributed by atoms with Crippen molar-refractivity contribution < 1.29 is 4.42 Å². The Bertz CT molecular complexity index is 4370. The maximum Gasteiger partial charge on any atom is 0.237 e. The van der Waals surface area contributed by atoms with E-state index in [2.05, 4.69) is 177 Å². The molecule has 0 spiro atoms. The zero-order valence-electron chi connectivity index (χ0n) is 31.9. The third-order valence-electron chi connectivity index (χ3n) is 13.1. The van der Waals surface area contributed by atoms with Crippen LogP contribution in [0.2, 0.25) is 0 Å². The van der Waals surface area contributed by atoms with Crippen LogP contribution in [-0.2, 0) is 0 Å². The summed E-state index contributed by atoms with van der Waals surface area (Å²) < 4.78 is 13.9. The molecule has 0 amide bonds. The van der Waals surface area contributed by atoms with Crippen LogP contribution >= 0.6 is 0 Å². The summed E-state index contributed by atoms with van der Waals surface area (Å²) in [5.41, 5.74) is 10.1. The average Bonchev–Trinajstić information content (AvgIpc) is 4.10. The molecule has 0 bridgehead atoms. The number of benzene rings is 9. The SMILES string of the molecule is c1ccc2cc3c(cc2c1)c1c2c4ccccc4n4c5ccccc5c(cc1n3-c1nc(-n3c5ccccc5c5c6ccccc6ccc53)c3oc5ccccc5c3n1)c24. The molecule has 0 atom stereocenters. The van der Waals surface area contributed by atoms with E-state index >= 15 is 0 Å². The van der Waals surface area contributed by atoms with E-state index in [9.17, 15) is 0 Å². The van der Waals surface area contributed by atoms with Crippen molar-refractivity contribution in [2.75, 3.05) is 0 Å². The maximum atomic E-state index is 6.82. The summed E-state index contributed by atoms with van der Waals surface area (Å²) in [6.07, 6.45) is 0. The smallest absolute Gasteiger partial charge is 0.237 e. The highest BCUT2D eigenvalue weighted by Crippen LogP contribution is 2.48. The highest BCUT2D eigenvalue weighted by atomic mass is 16.3. The van der Waals surface area contributed by atoms with E-state index in [-0.39, 0.29) is 0 Å². The van der Waals surface area contributed by atoms with Crippen molar-refractivity contribution in [2.24, 2.45) is 0 Å². The number of furan rings is 1. The lowest BCUT2D eigenvalue weighted by atomic mass is 10.0. The van der Waals surface area contributed by atoms with Crippen LogP contribution in [-0.4, -0.2) is 23.5 Å². The van der Waals surface area contributed by atoms with Crippen molar-refractivity contribution in [2.45, 2.75) is 0 Å². The fourth-order valence-corrected chi connectivity index (χ4v) is 10.7. The van der Waals surface area contributed by atoms with E-state index in [0.717, 1.165) is 49.3 Å². The fraction of sp³-hybridized carbons (Fsp3) is 0. The number of para-hydroxylation sites is 4. The Morgan fingerprint density at radius 1 is 0.367 bits per heavy atom. The van der Waals surface area contributed by atoms with Gasteiger partial charge in [-0.3, -0.25) is 9.13 Å². The average molecular weight is 764 g/mol. The maximum absolute atomic E-state index is 6.82. The first-order chi connectivity index (χ1) is 29.8. The molecule has 0 saturated heterocycles. The largest absolute Gasteiger partial charge is 0.450 e. The molecule has 276 valence electrons. The quantitative estimate of drug-likeness (QED) is 0.176. The summed E-state index contributed by atoms with van der Waals surface area (Å²) in [7, 11) is 0. The standard InChI is InChI=1S/C54H29N5O/c1-2-15-32-28-44-39(27-31(32)14-1)48-45(29-38-34-17-5-9-21-40(34)57-41-22-10-7-19-36(41)49(48)51(38)57)59(44)54-55-50-37-20-8-12-24-46(37)60-52(50)53(56-54)58-42-23-11-6-18-35(42)47-33-16-4-3-13-30(33)25-26-43(47)58/h1-29H. The van der Waals surface area contributed by atoms with Crippen LogP contribution < -0.4 is 0 Å². The second-order valence-corrected chi connectivity index (χ2v) is 16.1. The lowest BCUT2D eigenvalue weighted by Crippen LogP contribution is -2.06. The van der Waals surface area contributed by atoms with Crippen molar-refractivity contribution >= 4 is 125 Å². The summed E-state index contributed by atoms with van der Waals surface area (Å²) in [6, 6.07) is 63.3. The summed E-state index contributed by atoms with van der Waals surface area (Å²) >= 11 is 0. The number of aromatic nitrogens is 5. The van der Waals surface area contributed by atoms with Crippen LogP contribution in [0.4, 0.5) is 0 Å². The van der Waals surface area contributed by atoms with Crippen molar-refractivity contribution in [1.82, 2.24) is 23.5 Å². The molecule has 6 heterocycles. The number of hydrogen-bond acceptors (Lipinski definition) is 3. The Morgan fingerprint density at radius 2 is 1.00 bits per heavy atom. The van der Waals surface area contributed by atoms with Gasteiger partial charge in [-0.1, -0.05) is 121 Å². The molecular weight excluding hydrogens is 735 g/mol. The van der Waals surface area contributed by atoms with Crippen LogP contribution in [0, 0.1) is 0 Å². The summed E-state index contributed by atoms with van der Waals surface area (Å²) in [6.45, 7) is 0. The van der Waals surface area contributed by atoms with Crippen molar-refractivity contribution in [3.8, 4) is 11.8 Å². The van der Waals surface area contributed by atoms with E-state index in [0.29, 0.717) is 17.3 Å². The van der Waals surface area contributed by atoms with E-state index in [1.54, 1.807) is 0 Å². The summed E-state index contributed by atoms with van der Waals surface area (Å²) in [5.74, 6) is 1.30. The molecule has 0 aliphatic carbocycles. The molecule has 0 N–H and O–H groups in total. The van der Waals surface area contributed by atoms with Crippen LogP contribution in [0.15, 0.2) is 180 Å². The molecule has 0 radical (unpaired) electrons. The molecule has 15 aromatic rings. The lowest BCUT2D eigenvalue weighted by molar-refractivity contribution is 0.661. The lowest BCUT2D eigenvalue weighted by Gasteiger charge is -2.12. The Kier molecular flexibility index (Phi) is 5.57. The van der Waals surface area contributed by atoms with Gasteiger partial charge in [0.25, 0.3) is 0 Å². The minimum absolute atomic E-state index is 0.590. The molecule has 6 nitrogen and oxygen atoms in total. The summed E-state index contributed by atoms with van der Waals surface area (Å²) in [4.78, 5) is 11.2. The van der Waals surface area contributed by atoms with E-state index in [1.807, 2.05) is 12.1 Å². The molecule has 0 aliphatic heterocycles. The van der Waals surface area contributed by atoms with Gasteiger partial charge in [-0.25, -0.2) is 4.98 Å². The van der Waals surface area contributed by atoms with Crippen molar-refractivity contribution in [3.63, 3.8) is 0 Å². The van der Waals surface area contributed by atoms with Gasteiger partial charge in [0.1, 0.15) is 11.1 Å². The van der Waals surface area contributed by atoms with Gasteiger partial charge >= 0.3 is 0 Å². The number of hydrogen-bond donors (Lipinski definition) is 0. The van der Waals surface area contributed by atoms with Gasteiger partial charge in [0, 0.05) is 48.5 Å². The summed E-state index contributed by atoms with van der Waals surface area (Å²) in [5, 5.41) is 15.3. The van der Waals surface area contributed by atoms with E-state index < -0.39 is 0 Å². The Labute approximate surface area is 339 Å². The van der Waals surface area contributed by atoms with Gasteiger partial charge in [0.2, 0.25) is 5.95 Å². The minimum atomic E-state index is 0.590. The van der Waals surface area contributed by atoms with E-state index in [1.165, 1.54) is 70.4 Å². The van der Waals surface area contributed by atoms with Gasteiger partial charge < -0.3 is 8.82 Å². The predicted octanol–water partition coefficient (Wildman–Crippen LogP) is 14.0. The Morgan fingerprint density at radius 3 is 1.82 bits per heavy atom. The second-order valence-electron chi connectivity index (χ2n) is 16.1. The molecule has 60 heavy (non-hydrogen) atoms. The second kappa shape index (κ2) is 10.8. The molecule has 0 fully saturated rings. The first-order valence-corrected chi connectivity index (χ1v) is 20.4. The first-order valence-electron chi connectivity index (χ1n) is 20.4. The number of fused-ring (bicyclic) bond motifs is 19. The Balaban J connectivity index is 1.18. The topological polar surface area (TPSA) is 53.2 Å². The molecule has 15 rings (SSSR count). The normalized spacial score (nSPS) is 12.7. The predicted molar refractivity (Wildman–Crippen MR) is 248 cm³/mol. The highest BCUT2D eigenvalue weighted by Gasteiger charge is 2.28. The molecular formula is C54H29N5O. The number of rotatable bonds is 2. The van der Waals surface area contributed by atoms with Crippen LogP contribution in [0.1, 0.15) is 0 Å². The van der Waals surface area contributed by atoms with E-state index in [4.69, 9.17) is 14.4 Å². The zero-order valence-corrected chi connectivity index (χ0v) is 31.9. The number of nitrogens with zero attached hydrogens (tertiary/aromatic N) is 5. The molecule has 0 unspecified atom stereocenters. The molecule has 0 aliphatic rings.